The number of nitrogens with zero attached hydrogens (tertiary/aromatic N) is 2. The van der Waals surface area contributed by atoms with Crippen LogP contribution in [0.25, 0.3) is 0 Å². The van der Waals surface area contributed by atoms with Crippen LogP contribution in [-0.4, -0.2) is 50.2 Å². The fraction of sp³-hybridized carbons (Fsp3) is 0.286. The third kappa shape index (κ3) is 6.46. The Kier molecular flexibility index (Phi) is 9.47. The molecule has 2 amide bonds. The number of carbonyl (C=O) groups is 2. The number of amides is 2. The Morgan fingerprint density at radius 2 is 1.65 bits per heavy atom. The van der Waals surface area contributed by atoms with E-state index >= 15 is 0 Å². The first-order valence-electron chi connectivity index (χ1n) is 11.8. The summed E-state index contributed by atoms with van der Waals surface area (Å²) in [6.45, 7) is 3.61. The third-order valence-electron chi connectivity index (χ3n) is 6.24. The Labute approximate surface area is 240 Å². The summed E-state index contributed by atoms with van der Waals surface area (Å²) < 4.78 is 11.7. The highest BCUT2D eigenvalue weighted by Crippen LogP contribution is 2.38. The Bertz CT molecular complexity index is 1290. The van der Waals surface area contributed by atoms with Crippen molar-refractivity contribution in [2.75, 3.05) is 38.4 Å². The number of rotatable bonds is 9. The average Bonchev–Trinajstić information content (AvgIpc) is 2.94. The van der Waals surface area contributed by atoms with E-state index in [0.29, 0.717) is 47.7 Å². The van der Waals surface area contributed by atoms with Crippen LogP contribution in [0, 0.1) is 10.5 Å². The summed E-state index contributed by atoms with van der Waals surface area (Å²) in [6.07, 6.45) is 0. The van der Waals surface area contributed by atoms with Crippen molar-refractivity contribution in [2.24, 2.45) is 0 Å². The van der Waals surface area contributed by atoms with Gasteiger partial charge in [-0.05, 0) is 88.7 Å². The minimum atomic E-state index is -0.857. The number of anilines is 1. The molecule has 1 heterocycles. The van der Waals surface area contributed by atoms with E-state index in [4.69, 9.17) is 32.7 Å². The van der Waals surface area contributed by atoms with E-state index in [1.807, 2.05) is 49.4 Å². The summed E-state index contributed by atoms with van der Waals surface area (Å²) in [4.78, 5) is 31.8. The van der Waals surface area contributed by atoms with Gasteiger partial charge in [-0.1, -0.05) is 41.4 Å². The summed E-state index contributed by atoms with van der Waals surface area (Å²) in [5, 5.41) is 1.17. The number of hydrogen-bond acceptors (Lipinski definition) is 4. The molecule has 0 aromatic heterocycles. The summed E-state index contributed by atoms with van der Waals surface area (Å²) >= 11 is 14.5. The van der Waals surface area contributed by atoms with Gasteiger partial charge in [0.25, 0.3) is 11.8 Å². The van der Waals surface area contributed by atoms with Gasteiger partial charge in [0.1, 0.15) is 6.04 Å². The van der Waals surface area contributed by atoms with Gasteiger partial charge < -0.3 is 19.3 Å². The molecule has 3 aromatic rings. The molecule has 0 N–H and O–H groups in total. The van der Waals surface area contributed by atoms with Gasteiger partial charge in [-0.25, -0.2) is 0 Å². The number of hydrogen-bond donors (Lipinski definition) is 0. The highest BCUT2D eigenvalue weighted by molar-refractivity contribution is 14.1. The minimum absolute atomic E-state index is 0.206. The topological polar surface area (TPSA) is 59.1 Å². The number of aryl methyl sites for hydroxylation is 1. The average molecular weight is 653 g/mol. The van der Waals surface area contributed by atoms with Gasteiger partial charge in [-0.15, -0.1) is 0 Å². The van der Waals surface area contributed by atoms with Crippen LogP contribution in [0.5, 0.6) is 0 Å². The maximum atomic E-state index is 14.3. The van der Waals surface area contributed by atoms with Crippen molar-refractivity contribution < 1.29 is 19.1 Å². The molecule has 9 heteroatoms. The SMILES string of the molecule is COCCOCCN1C(=O)[C@H](c2ccc(Cl)cc2C)N(Cc2ccc(Cl)cc2)C(=O)c2cc(I)ccc21. The molecule has 3 aromatic carbocycles. The second kappa shape index (κ2) is 12.6. The van der Waals surface area contributed by atoms with Crippen LogP contribution in [0.1, 0.15) is 33.1 Å². The molecule has 0 saturated heterocycles. The first-order chi connectivity index (χ1) is 17.8. The van der Waals surface area contributed by atoms with Crippen LogP contribution in [0.4, 0.5) is 5.69 Å². The Morgan fingerprint density at radius 1 is 0.919 bits per heavy atom. The van der Waals surface area contributed by atoms with Gasteiger partial charge in [0.05, 0.1) is 31.1 Å². The Balaban J connectivity index is 1.82. The van der Waals surface area contributed by atoms with Crippen LogP contribution < -0.4 is 4.90 Å². The first kappa shape index (κ1) is 27.9. The van der Waals surface area contributed by atoms with Crippen LogP contribution >= 0.6 is 45.8 Å². The number of carbonyl (C=O) groups excluding carboxylic acids is 2. The molecule has 1 aliphatic rings. The minimum Gasteiger partial charge on any atom is -0.382 e. The predicted octanol–water partition coefficient (Wildman–Crippen LogP) is 6.30. The largest absolute Gasteiger partial charge is 0.382 e. The summed E-state index contributed by atoms with van der Waals surface area (Å²) in [5.74, 6) is -0.429. The molecular weight excluding hydrogens is 626 g/mol. The summed E-state index contributed by atoms with van der Waals surface area (Å²) in [7, 11) is 1.61. The number of halogens is 3. The molecule has 1 atom stereocenters. The molecule has 4 rings (SSSR count). The van der Waals surface area contributed by atoms with Gasteiger partial charge in [0.2, 0.25) is 0 Å². The van der Waals surface area contributed by atoms with Gasteiger partial charge in [0, 0.05) is 33.8 Å². The lowest BCUT2D eigenvalue weighted by Gasteiger charge is -2.32. The quantitative estimate of drug-likeness (QED) is 0.201. The van der Waals surface area contributed by atoms with Crippen molar-refractivity contribution in [1.29, 1.82) is 0 Å². The highest BCUT2D eigenvalue weighted by Gasteiger charge is 2.41. The lowest BCUT2D eigenvalue weighted by molar-refractivity contribution is -0.123. The monoisotopic (exact) mass is 652 g/mol. The zero-order chi connectivity index (χ0) is 26.5. The molecule has 37 heavy (non-hydrogen) atoms. The number of methoxy groups -OCH3 is 1. The molecule has 6 nitrogen and oxygen atoms in total. The van der Waals surface area contributed by atoms with Crippen LogP contribution in [0.15, 0.2) is 60.7 Å². The molecule has 0 radical (unpaired) electrons. The number of benzene rings is 3. The van der Waals surface area contributed by atoms with Crippen LogP contribution in [0.3, 0.4) is 0 Å². The first-order valence-corrected chi connectivity index (χ1v) is 13.6. The second-order valence-electron chi connectivity index (χ2n) is 8.72. The van der Waals surface area contributed by atoms with E-state index in [0.717, 1.165) is 20.3 Å². The lowest BCUT2D eigenvalue weighted by Crippen LogP contribution is -2.43. The molecule has 0 fully saturated rings. The second-order valence-corrected chi connectivity index (χ2v) is 10.8. The lowest BCUT2D eigenvalue weighted by atomic mass is 9.98. The van der Waals surface area contributed by atoms with Crippen molar-refractivity contribution in [3.05, 3.63) is 96.5 Å². The molecule has 1 aliphatic heterocycles. The van der Waals surface area contributed by atoms with Crippen molar-refractivity contribution in [2.45, 2.75) is 19.5 Å². The van der Waals surface area contributed by atoms with Gasteiger partial charge in [0.15, 0.2) is 0 Å². The van der Waals surface area contributed by atoms with Crippen molar-refractivity contribution in [3.63, 3.8) is 0 Å². The number of fused-ring (bicyclic) bond motifs is 1. The van der Waals surface area contributed by atoms with E-state index in [9.17, 15) is 9.59 Å². The molecule has 0 saturated carbocycles. The maximum Gasteiger partial charge on any atom is 0.257 e. The van der Waals surface area contributed by atoms with Crippen molar-refractivity contribution >= 4 is 63.3 Å². The maximum absolute atomic E-state index is 14.3. The molecule has 194 valence electrons. The molecule has 0 aliphatic carbocycles. The molecule has 0 spiro atoms. The zero-order valence-electron chi connectivity index (χ0n) is 20.5. The van der Waals surface area contributed by atoms with E-state index in [2.05, 4.69) is 22.6 Å². The molecular formula is C28H27Cl2IN2O4. The normalized spacial score (nSPS) is 15.6. The van der Waals surface area contributed by atoms with Gasteiger partial charge in [-0.3, -0.25) is 9.59 Å². The van der Waals surface area contributed by atoms with Crippen molar-refractivity contribution in [3.8, 4) is 0 Å². The summed E-state index contributed by atoms with van der Waals surface area (Å²) in [5.41, 5.74) is 3.47. The predicted molar refractivity (Wildman–Crippen MR) is 154 cm³/mol. The summed E-state index contributed by atoms with van der Waals surface area (Å²) in [6, 6.07) is 17.4. The fourth-order valence-corrected chi connectivity index (χ4v) is 5.26. The Morgan fingerprint density at radius 3 is 2.35 bits per heavy atom. The smallest absolute Gasteiger partial charge is 0.257 e. The molecule has 0 bridgehead atoms. The van der Waals surface area contributed by atoms with Crippen LogP contribution in [0.2, 0.25) is 10.0 Å². The fourth-order valence-electron chi connectivity index (χ4n) is 4.41. The highest BCUT2D eigenvalue weighted by atomic mass is 127. The van der Waals surface area contributed by atoms with E-state index in [1.165, 1.54) is 0 Å². The van der Waals surface area contributed by atoms with E-state index in [-0.39, 0.29) is 18.4 Å². The van der Waals surface area contributed by atoms with E-state index < -0.39 is 6.04 Å². The van der Waals surface area contributed by atoms with Gasteiger partial charge >= 0.3 is 0 Å². The van der Waals surface area contributed by atoms with Crippen molar-refractivity contribution in [1.82, 2.24) is 4.90 Å². The number of ether oxygens (including phenoxy) is 2. The van der Waals surface area contributed by atoms with Crippen LogP contribution in [-0.2, 0) is 20.8 Å². The van der Waals surface area contributed by atoms with Gasteiger partial charge in [-0.2, -0.15) is 0 Å². The molecule has 0 unspecified atom stereocenters. The third-order valence-corrected chi connectivity index (χ3v) is 7.39. The van der Waals surface area contributed by atoms with E-state index in [1.54, 1.807) is 35.1 Å². The standard InChI is InChI=1S/C28H27Cl2IN2O4/c1-18-15-21(30)7-9-23(18)26-28(35)32(11-12-37-14-13-36-2)25-10-8-22(31)16-24(25)27(34)33(26)17-19-3-5-20(29)6-4-19/h3-10,15-16,26H,11-14,17H2,1-2H3/t26-/m0/s1. The Hall–Kier alpha value is -2.17. The zero-order valence-corrected chi connectivity index (χ0v) is 24.2.